The Morgan fingerprint density at radius 1 is 0.824 bits per heavy atom. The highest BCUT2D eigenvalue weighted by atomic mass is 16.5. The van der Waals surface area contributed by atoms with Crippen LogP contribution < -0.4 is 9.47 Å². The Kier molecular flexibility index (Phi) is 7.89. The lowest BCUT2D eigenvalue weighted by Crippen LogP contribution is -2.10. The van der Waals surface area contributed by atoms with Gasteiger partial charge in [0.25, 0.3) is 0 Å². The maximum Gasteiger partial charge on any atom is 0.119 e. The zero-order valence-electron chi connectivity index (χ0n) is 20.8. The minimum Gasteiger partial charge on any atom is -0.497 e. The van der Waals surface area contributed by atoms with E-state index in [1.54, 1.807) is 7.11 Å². The van der Waals surface area contributed by atoms with Crippen LogP contribution in [0, 0.1) is 5.92 Å². The normalized spacial score (nSPS) is 12.3. The summed E-state index contributed by atoms with van der Waals surface area (Å²) in [6.45, 7) is 8.42. The Bertz CT molecular complexity index is 1180. The molecule has 1 atom stereocenters. The molecule has 4 rings (SSSR count). The van der Waals surface area contributed by atoms with Gasteiger partial charge in [0.2, 0.25) is 0 Å². The Hall–Kier alpha value is -3.27. The molecule has 0 aliphatic rings. The van der Waals surface area contributed by atoms with Crippen molar-refractivity contribution in [3.8, 4) is 11.5 Å². The van der Waals surface area contributed by atoms with E-state index in [4.69, 9.17) is 14.5 Å². The van der Waals surface area contributed by atoms with E-state index in [2.05, 4.69) is 73.9 Å². The lowest BCUT2D eigenvalue weighted by atomic mass is 9.96. The molecule has 0 N–H and O–H groups in total. The van der Waals surface area contributed by atoms with Gasteiger partial charge in [0.15, 0.2) is 0 Å². The van der Waals surface area contributed by atoms with Gasteiger partial charge >= 0.3 is 0 Å². The number of hydrogen-bond acceptors (Lipinski definition) is 3. The van der Waals surface area contributed by atoms with E-state index in [1.165, 1.54) is 16.6 Å². The fourth-order valence-electron chi connectivity index (χ4n) is 4.46. The van der Waals surface area contributed by atoms with Crippen LogP contribution in [-0.4, -0.2) is 23.3 Å². The van der Waals surface area contributed by atoms with Crippen molar-refractivity contribution in [1.29, 1.82) is 0 Å². The fraction of sp³-hybridized carbons (Fsp3) is 0.367. The fourth-order valence-corrected chi connectivity index (χ4v) is 4.46. The lowest BCUT2D eigenvalue weighted by Gasteiger charge is -2.16. The molecule has 0 amide bonds. The van der Waals surface area contributed by atoms with Crippen molar-refractivity contribution in [3.05, 3.63) is 89.7 Å². The molecule has 0 aliphatic carbocycles. The van der Waals surface area contributed by atoms with E-state index in [9.17, 15) is 0 Å². The highest BCUT2D eigenvalue weighted by molar-refractivity contribution is 5.76. The van der Waals surface area contributed by atoms with Crippen LogP contribution in [0.3, 0.4) is 0 Å². The van der Waals surface area contributed by atoms with Gasteiger partial charge < -0.3 is 14.0 Å². The molecule has 1 unspecified atom stereocenters. The highest BCUT2D eigenvalue weighted by Gasteiger charge is 2.18. The third-order valence-corrected chi connectivity index (χ3v) is 6.30. The largest absolute Gasteiger partial charge is 0.497 e. The first-order valence-electron chi connectivity index (χ1n) is 12.4. The zero-order valence-corrected chi connectivity index (χ0v) is 20.8. The molecular formula is C30H36N2O2. The predicted octanol–water partition coefficient (Wildman–Crippen LogP) is 7.25. The van der Waals surface area contributed by atoms with Crippen LogP contribution >= 0.6 is 0 Å². The minimum absolute atomic E-state index is 0.232. The molecule has 1 aromatic heterocycles. The number of fused-ring (bicyclic) bond motifs is 1. The zero-order chi connectivity index (χ0) is 23.9. The summed E-state index contributed by atoms with van der Waals surface area (Å²) in [5, 5.41) is 0. The van der Waals surface area contributed by atoms with Gasteiger partial charge in [-0.3, -0.25) is 0 Å². The summed E-state index contributed by atoms with van der Waals surface area (Å²) in [7, 11) is 1.67. The number of para-hydroxylation sites is 2. The Balaban J connectivity index is 1.43. The Labute approximate surface area is 203 Å². The molecule has 1 heterocycles. The summed E-state index contributed by atoms with van der Waals surface area (Å²) in [5.74, 6) is 3.76. The summed E-state index contributed by atoms with van der Waals surface area (Å²) < 4.78 is 13.5. The number of imidazole rings is 1. The van der Waals surface area contributed by atoms with Crippen molar-refractivity contribution in [2.45, 2.75) is 52.5 Å². The Morgan fingerprint density at radius 2 is 1.53 bits per heavy atom. The van der Waals surface area contributed by atoms with Crippen molar-refractivity contribution < 1.29 is 9.47 Å². The first kappa shape index (κ1) is 23.9. The van der Waals surface area contributed by atoms with Crippen LogP contribution in [0.25, 0.3) is 11.0 Å². The summed E-state index contributed by atoms with van der Waals surface area (Å²) in [6, 6.07) is 25.3. The molecule has 0 aliphatic heterocycles. The average molecular weight is 457 g/mol. The first-order chi connectivity index (χ1) is 16.5. The van der Waals surface area contributed by atoms with Crippen LogP contribution in [-0.2, 0) is 13.0 Å². The smallest absolute Gasteiger partial charge is 0.119 e. The molecule has 178 valence electrons. The summed E-state index contributed by atoms with van der Waals surface area (Å²) in [5.41, 5.74) is 4.98. The predicted molar refractivity (Wildman–Crippen MR) is 140 cm³/mol. The van der Waals surface area contributed by atoms with E-state index in [0.29, 0.717) is 12.5 Å². The maximum absolute atomic E-state index is 5.92. The van der Waals surface area contributed by atoms with E-state index < -0.39 is 0 Å². The van der Waals surface area contributed by atoms with Gasteiger partial charge in [-0.1, -0.05) is 57.2 Å². The molecule has 4 nitrogen and oxygen atoms in total. The molecule has 0 saturated carbocycles. The van der Waals surface area contributed by atoms with E-state index in [0.717, 1.165) is 48.6 Å². The molecule has 0 radical (unpaired) electrons. The third-order valence-electron chi connectivity index (χ3n) is 6.30. The summed E-state index contributed by atoms with van der Waals surface area (Å²) in [6.07, 6.45) is 3.13. The summed E-state index contributed by atoms with van der Waals surface area (Å²) in [4.78, 5) is 5.04. The van der Waals surface area contributed by atoms with Gasteiger partial charge in [-0.05, 0) is 72.7 Å². The first-order valence-corrected chi connectivity index (χ1v) is 12.4. The number of aryl methyl sites for hydroxylation is 1. The van der Waals surface area contributed by atoms with Crippen LogP contribution in [0.1, 0.15) is 56.5 Å². The number of aromatic nitrogens is 2. The molecule has 0 fully saturated rings. The number of hydrogen-bond donors (Lipinski definition) is 0. The third kappa shape index (κ3) is 5.80. The SMILES string of the molecule is COc1ccc(OCCCCn2c(C(C)c3ccc(CC(C)C)cc3)nc3ccccc32)cc1. The number of ether oxygens (including phenoxy) is 2. The van der Waals surface area contributed by atoms with Crippen molar-refractivity contribution in [3.63, 3.8) is 0 Å². The topological polar surface area (TPSA) is 36.3 Å². The van der Waals surface area contributed by atoms with Crippen molar-refractivity contribution in [1.82, 2.24) is 9.55 Å². The standard InChI is InChI=1S/C30H36N2O2/c1-22(2)21-24-11-13-25(14-12-24)23(3)30-31-28-9-5-6-10-29(28)32(30)19-7-8-20-34-27-17-15-26(33-4)16-18-27/h5-6,9-18,22-23H,7-8,19-21H2,1-4H3. The minimum atomic E-state index is 0.232. The second-order valence-corrected chi connectivity index (χ2v) is 9.40. The molecule has 0 saturated heterocycles. The second kappa shape index (κ2) is 11.2. The van der Waals surface area contributed by atoms with Crippen LogP contribution in [0.5, 0.6) is 11.5 Å². The molecule has 3 aromatic carbocycles. The van der Waals surface area contributed by atoms with Gasteiger partial charge in [0.05, 0.1) is 24.8 Å². The van der Waals surface area contributed by atoms with Gasteiger partial charge in [-0.2, -0.15) is 0 Å². The number of benzene rings is 3. The molecule has 0 spiro atoms. The van der Waals surface area contributed by atoms with Crippen LogP contribution in [0.15, 0.2) is 72.8 Å². The van der Waals surface area contributed by atoms with Crippen molar-refractivity contribution in [2.75, 3.05) is 13.7 Å². The van der Waals surface area contributed by atoms with Crippen molar-refractivity contribution >= 4 is 11.0 Å². The summed E-state index contributed by atoms with van der Waals surface area (Å²) >= 11 is 0. The van der Waals surface area contributed by atoms with Gasteiger partial charge in [0, 0.05) is 12.5 Å². The van der Waals surface area contributed by atoms with Gasteiger partial charge in [-0.15, -0.1) is 0 Å². The molecule has 4 heteroatoms. The molecule has 34 heavy (non-hydrogen) atoms. The number of nitrogens with zero attached hydrogens (tertiary/aromatic N) is 2. The van der Waals surface area contributed by atoms with Gasteiger partial charge in [-0.25, -0.2) is 4.98 Å². The van der Waals surface area contributed by atoms with Crippen molar-refractivity contribution in [2.24, 2.45) is 5.92 Å². The molecular weight excluding hydrogens is 420 g/mol. The average Bonchev–Trinajstić information content (AvgIpc) is 3.22. The number of unbranched alkanes of at least 4 members (excludes halogenated alkanes) is 1. The monoisotopic (exact) mass is 456 g/mol. The quantitative estimate of drug-likeness (QED) is 0.223. The van der Waals surface area contributed by atoms with Crippen LogP contribution in [0.2, 0.25) is 0 Å². The second-order valence-electron chi connectivity index (χ2n) is 9.40. The van der Waals surface area contributed by atoms with E-state index >= 15 is 0 Å². The molecule has 4 aromatic rings. The van der Waals surface area contributed by atoms with Crippen LogP contribution in [0.4, 0.5) is 0 Å². The number of rotatable bonds is 11. The lowest BCUT2D eigenvalue weighted by molar-refractivity contribution is 0.302. The maximum atomic E-state index is 5.92. The van der Waals surface area contributed by atoms with Gasteiger partial charge in [0.1, 0.15) is 17.3 Å². The number of methoxy groups -OCH3 is 1. The highest BCUT2D eigenvalue weighted by Crippen LogP contribution is 2.28. The molecule has 0 bridgehead atoms. The Morgan fingerprint density at radius 3 is 2.24 bits per heavy atom. The van der Waals surface area contributed by atoms with E-state index in [-0.39, 0.29) is 5.92 Å². The van der Waals surface area contributed by atoms with E-state index in [1.807, 2.05) is 24.3 Å².